The van der Waals surface area contributed by atoms with E-state index in [9.17, 15) is 4.79 Å². The van der Waals surface area contributed by atoms with Gasteiger partial charge in [0.1, 0.15) is 0 Å². The molecule has 2 nitrogen and oxygen atoms in total. The van der Waals surface area contributed by atoms with Crippen molar-refractivity contribution in [2.45, 2.75) is 30.7 Å². The van der Waals surface area contributed by atoms with Crippen molar-refractivity contribution in [3.63, 3.8) is 0 Å². The molecule has 0 radical (unpaired) electrons. The summed E-state index contributed by atoms with van der Waals surface area (Å²) in [6, 6.07) is 6.03. The van der Waals surface area contributed by atoms with Crippen LogP contribution in [0.3, 0.4) is 0 Å². The monoisotopic (exact) mass is 299 g/mol. The van der Waals surface area contributed by atoms with Crippen LogP contribution in [0.1, 0.15) is 30.1 Å². The van der Waals surface area contributed by atoms with Gasteiger partial charge in [0, 0.05) is 22.0 Å². The van der Waals surface area contributed by atoms with Gasteiger partial charge >= 0.3 is 0 Å². The molecule has 1 aliphatic rings. The lowest BCUT2D eigenvalue weighted by Crippen LogP contribution is -2.33. The van der Waals surface area contributed by atoms with Crippen molar-refractivity contribution in [1.29, 1.82) is 0 Å². The van der Waals surface area contributed by atoms with E-state index in [1.54, 1.807) is 0 Å². The van der Waals surface area contributed by atoms with E-state index >= 15 is 0 Å². The Bertz CT molecular complexity index is 417. The maximum absolute atomic E-state index is 12.3. The maximum atomic E-state index is 12.3. The molecule has 0 saturated heterocycles. The number of rotatable bonds is 3. The van der Waals surface area contributed by atoms with Crippen molar-refractivity contribution in [3.8, 4) is 0 Å². The summed E-state index contributed by atoms with van der Waals surface area (Å²) >= 11 is 7.72. The summed E-state index contributed by atoms with van der Waals surface area (Å²) in [7, 11) is 0. The van der Waals surface area contributed by atoms with E-state index in [-0.39, 0.29) is 5.91 Å². The zero-order valence-electron chi connectivity index (χ0n) is 9.11. The average Bonchev–Trinajstić information content (AvgIpc) is 3.02. The Morgan fingerprint density at radius 3 is 2.75 bits per heavy atom. The first-order chi connectivity index (χ1) is 7.63. The molecular formula is C12H14BrNOS. The molecule has 0 atom stereocenters. The smallest absolute Gasteiger partial charge is 0.255 e. The number of hydrogen-bond acceptors (Lipinski definition) is 2. The minimum atomic E-state index is 0.0995. The molecule has 0 bridgehead atoms. The highest BCUT2D eigenvalue weighted by Crippen LogP contribution is 2.29. The molecule has 2 rings (SSSR count). The highest BCUT2D eigenvalue weighted by Gasteiger charge is 2.32. The third-order valence-corrected chi connectivity index (χ3v) is 3.64. The fraction of sp³-hybridized carbons (Fsp3) is 0.417. The van der Waals surface area contributed by atoms with Crippen LogP contribution in [-0.4, -0.2) is 23.4 Å². The fourth-order valence-electron chi connectivity index (χ4n) is 1.79. The molecule has 1 fully saturated rings. The van der Waals surface area contributed by atoms with E-state index in [0.29, 0.717) is 11.6 Å². The molecule has 0 spiro atoms. The third-order valence-electron chi connectivity index (χ3n) is 2.78. The summed E-state index contributed by atoms with van der Waals surface area (Å²) in [4.78, 5) is 14.9. The van der Waals surface area contributed by atoms with E-state index in [1.807, 2.05) is 30.0 Å². The van der Waals surface area contributed by atoms with Crippen LogP contribution in [0.15, 0.2) is 27.6 Å². The summed E-state index contributed by atoms with van der Waals surface area (Å²) in [6.07, 6.45) is 2.27. The highest BCUT2D eigenvalue weighted by atomic mass is 79.9. The first-order valence-corrected chi connectivity index (χ1v) is 6.67. The Labute approximate surface area is 110 Å². The minimum absolute atomic E-state index is 0.0995. The number of amides is 1. The van der Waals surface area contributed by atoms with Crippen LogP contribution < -0.4 is 0 Å². The van der Waals surface area contributed by atoms with Crippen molar-refractivity contribution in [3.05, 3.63) is 28.2 Å². The molecule has 1 amide bonds. The minimum Gasteiger partial charge on any atom is -0.336 e. The second kappa shape index (κ2) is 4.80. The average molecular weight is 300 g/mol. The SMILES string of the molecule is CCN(C(=O)c1ccc(Br)cc1S)C1CC1. The third kappa shape index (κ3) is 2.43. The highest BCUT2D eigenvalue weighted by molar-refractivity contribution is 9.10. The Hall–Kier alpha value is -0.480. The van der Waals surface area contributed by atoms with Gasteiger partial charge in [-0.2, -0.15) is 0 Å². The van der Waals surface area contributed by atoms with Crippen molar-refractivity contribution in [2.24, 2.45) is 0 Å². The zero-order chi connectivity index (χ0) is 11.7. The molecule has 0 unspecified atom stereocenters. The maximum Gasteiger partial charge on any atom is 0.255 e. The quantitative estimate of drug-likeness (QED) is 0.849. The molecule has 4 heteroatoms. The molecule has 1 aromatic rings. The number of hydrogen-bond donors (Lipinski definition) is 1. The molecular weight excluding hydrogens is 286 g/mol. The molecule has 16 heavy (non-hydrogen) atoms. The first-order valence-electron chi connectivity index (χ1n) is 5.43. The normalized spacial score (nSPS) is 14.9. The van der Waals surface area contributed by atoms with Crippen LogP contribution in [0.25, 0.3) is 0 Å². The molecule has 1 aromatic carbocycles. The van der Waals surface area contributed by atoms with Gasteiger partial charge in [0.25, 0.3) is 5.91 Å². The molecule has 86 valence electrons. The van der Waals surface area contributed by atoms with Crippen LogP contribution in [0.4, 0.5) is 0 Å². The number of thiol groups is 1. The fourth-order valence-corrected chi connectivity index (χ4v) is 2.64. The number of carbonyl (C=O) groups excluding carboxylic acids is 1. The van der Waals surface area contributed by atoms with Gasteiger partial charge in [-0.1, -0.05) is 15.9 Å². The van der Waals surface area contributed by atoms with Crippen LogP contribution in [0, 0.1) is 0 Å². The Balaban J connectivity index is 2.25. The summed E-state index contributed by atoms with van der Waals surface area (Å²) in [5, 5.41) is 0. The molecule has 0 aliphatic heterocycles. The lowest BCUT2D eigenvalue weighted by molar-refractivity contribution is 0.0749. The topological polar surface area (TPSA) is 20.3 Å². The van der Waals surface area contributed by atoms with E-state index in [2.05, 4.69) is 28.6 Å². The standard InChI is InChI=1S/C12H14BrNOS/c1-2-14(9-4-5-9)12(15)10-6-3-8(13)7-11(10)16/h3,6-7,9,16H,2,4-5H2,1H3. The largest absolute Gasteiger partial charge is 0.336 e. The number of benzene rings is 1. The van der Waals surface area contributed by atoms with Gasteiger partial charge in [0.2, 0.25) is 0 Å². The number of carbonyl (C=O) groups is 1. The van der Waals surface area contributed by atoms with Crippen molar-refractivity contribution in [1.82, 2.24) is 4.90 Å². The molecule has 1 aliphatic carbocycles. The van der Waals surface area contributed by atoms with Gasteiger partial charge in [-0.05, 0) is 38.0 Å². The van der Waals surface area contributed by atoms with Gasteiger partial charge in [-0.3, -0.25) is 4.79 Å². The Morgan fingerprint density at radius 2 is 2.25 bits per heavy atom. The van der Waals surface area contributed by atoms with Gasteiger partial charge in [0.15, 0.2) is 0 Å². The van der Waals surface area contributed by atoms with Crippen LogP contribution in [0.2, 0.25) is 0 Å². The predicted molar refractivity (Wildman–Crippen MR) is 71.1 cm³/mol. The van der Waals surface area contributed by atoms with Crippen molar-refractivity contribution in [2.75, 3.05) is 6.54 Å². The lowest BCUT2D eigenvalue weighted by Gasteiger charge is -2.21. The second-order valence-corrected chi connectivity index (χ2v) is 5.38. The van der Waals surface area contributed by atoms with E-state index in [4.69, 9.17) is 0 Å². The van der Waals surface area contributed by atoms with Crippen LogP contribution in [0.5, 0.6) is 0 Å². The van der Waals surface area contributed by atoms with Crippen LogP contribution >= 0.6 is 28.6 Å². The van der Waals surface area contributed by atoms with E-state index < -0.39 is 0 Å². The van der Waals surface area contributed by atoms with Crippen LogP contribution in [-0.2, 0) is 0 Å². The van der Waals surface area contributed by atoms with Gasteiger partial charge in [-0.15, -0.1) is 12.6 Å². The summed E-state index contributed by atoms with van der Waals surface area (Å²) in [5.74, 6) is 0.0995. The molecule has 0 aromatic heterocycles. The summed E-state index contributed by atoms with van der Waals surface area (Å²) < 4.78 is 0.948. The summed E-state index contributed by atoms with van der Waals surface area (Å²) in [5.41, 5.74) is 0.695. The first kappa shape index (κ1) is 12.0. The summed E-state index contributed by atoms with van der Waals surface area (Å²) in [6.45, 7) is 2.79. The van der Waals surface area contributed by atoms with Gasteiger partial charge in [-0.25, -0.2) is 0 Å². The predicted octanol–water partition coefficient (Wildman–Crippen LogP) is 3.36. The molecule has 1 saturated carbocycles. The van der Waals surface area contributed by atoms with E-state index in [0.717, 1.165) is 28.8 Å². The van der Waals surface area contributed by atoms with Gasteiger partial charge < -0.3 is 4.90 Å². The van der Waals surface area contributed by atoms with Crippen molar-refractivity contribution >= 4 is 34.5 Å². The van der Waals surface area contributed by atoms with Gasteiger partial charge in [0.05, 0.1) is 5.56 Å². The Morgan fingerprint density at radius 1 is 1.56 bits per heavy atom. The van der Waals surface area contributed by atoms with E-state index in [1.165, 1.54) is 0 Å². The second-order valence-electron chi connectivity index (χ2n) is 3.98. The molecule has 0 heterocycles. The number of halogens is 1. The lowest BCUT2D eigenvalue weighted by atomic mass is 10.2. The zero-order valence-corrected chi connectivity index (χ0v) is 11.6. The number of nitrogens with zero attached hydrogens (tertiary/aromatic N) is 1. The van der Waals surface area contributed by atoms with Crippen molar-refractivity contribution < 1.29 is 4.79 Å². The molecule has 0 N–H and O–H groups in total. The Kier molecular flexibility index (Phi) is 3.60.